The molecule has 2 aromatic carbocycles. The summed E-state index contributed by atoms with van der Waals surface area (Å²) in [6.07, 6.45) is -3.17. The number of rotatable bonds is 12. The number of hydrogen-bond donors (Lipinski definition) is 2. The zero-order valence-corrected chi connectivity index (χ0v) is 39.5. The number of amides is 4. The van der Waals surface area contributed by atoms with Crippen molar-refractivity contribution in [2.75, 3.05) is 75.2 Å². The van der Waals surface area contributed by atoms with Gasteiger partial charge in [-0.3, -0.25) is 19.2 Å². The second-order valence-corrected chi connectivity index (χ2v) is 19.7. The van der Waals surface area contributed by atoms with Crippen molar-refractivity contribution in [2.24, 2.45) is 10.8 Å². The zero-order valence-electron chi connectivity index (χ0n) is 38.0. The van der Waals surface area contributed by atoms with Gasteiger partial charge in [0.15, 0.2) is 0 Å². The average molecular weight is 1040 g/mol. The first kappa shape index (κ1) is 56.5. The minimum Gasteiger partial charge on any atom is -0.404 e. The maximum Gasteiger partial charge on any atom is 0.573 e. The Morgan fingerprint density at radius 3 is 1.29 bits per heavy atom. The van der Waals surface area contributed by atoms with Crippen molar-refractivity contribution in [2.45, 2.75) is 130 Å². The standard InChI is InChI=1S/2C23H29ClF3N3O4.2CH4/c2*1-15-21(33)28(9-2-3-20(32)29-10-8-22(6-7-22)19(31)14-29)11-12-30(15)16-4-5-17(24)18(13-16)34-23(25,26)27;;/h2*4-5,13,15,19,31H,2-3,6-12,14H2,1H3;2*1H4/t15-,19+;15-,19-;;/m01../s1. The normalized spacial score (nSPS) is 23.8. The Morgan fingerprint density at radius 2 is 0.971 bits per heavy atom. The molecule has 4 heterocycles. The molecule has 2 N–H and O–H groups in total. The summed E-state index contributed by atoms with van der Waals surface area (Å²) < 4.78 is 83.8. The quantitative estimate of drug-likeness (QED) is 0.200. The molecular weight excluding hydrogens is 973 g/mol. The van der Waals surface area contributed by atoms with Gasteiger partial charge in [0.1, 0.15) is 23.6 Å². The second kappa shape index (κ2) is 22.6. The molecule has 0 unspecified atom stereocenters. The van der Waals surface area contributed by atoms with Crippen LogP contribution in [0.15, 0.2) is 36.4 Å². The van der Waals surface area contributed by atoms with Gasteiger partial charge >= 0.3 is 12.7 Å². The van der Waals surface area contributed by atoms with Crippen LogP contribution in [0.1, 0.15) is 92.9 Å². The molecule has 2 aromatic rings. The number of carbonyl (C=O) groups is 4. The Hall–Kier alpha value is -4.40. The number of nitrogens with zero attached hydrogens (tertiary/aromatic N) is 6. The number of aliphatic hydroxyl groups excluding tert-OH is 2. The van der Waals surface area contributed by atoms with Gasteiger partial charge in [0.05, 0.1) is 22.3 Å². The van der Waals surface area contributed by atoms with Crippen molar-refractivity contribution in [1.82, 2.24) is 19.6 Å². The van der Waals surface area contributed by atoms with Crippen LogP contribution in [0.3, 0.4) is 0 Å². The molecule has 2 spiro atoms. The van der Waals surface area contributed by atoms with Crippen molar-refractivity contribution >= 4 is 58.2 Å². The molecular formula is C48H66Cl2F6N6O8. The van der Waals surface area contributed by atoms with E-state index in [4.69, 9.17) is 23.2 Å². The summed E-state index contributed by atoms with van der Waals surface area (Å²) in [7, 11) is 0. The zero-order chi connectivity index (χ0) is 49.3. The molecule has 2 aliphatic carbocycles. The second-order valence-electron chi connectivity index (χ2n) is 18.9. The van der Waals surface area contributed by atoms with E-state index in [-0.39, 0.29) is 59.4 Å². The van der Waals surface area contributed by atoms with Crippen LogP contribution in [-0.2, 0) is 19.2 Å². The van der Waals surface area contributed by atoms with E-state index >= 15 is 0 Å². The van der Waals surface area contributed by atoms with Crippen molar-refractivity contribution < 1.29 is 65.2 Å². The number of alkyl halides is 6. The molecule has 0 bridgehead atoms. The van der Waals surface area contributed by atoms with Crippen molar-refractivity contribution in [1.29, 1.82) is 0 Å². The van der Waals surface area contributed by atoms with E-state index in [9.17, 15) is 55.7 Å². The van der Waals surface area contributed by atoms with Crippen molar-refractivity contribution in [3.63, 3.8) is 0 Å². The Bertz CT molecular complexity index is 2030. The van der Waals surface area contributed by atoms with Crippen molar-refractivity contribution in [3.05, 3.63) is 46.4 Å². The molecule has 0 aromatic heterocycles. The fourth-order valence-corrected chi connectivity index (χ4v) is 10.2. The van der Waals surface area contributed by atoms with E-state index in [1.165, 1.54) is 24.3 Å². The van der Waals surface area contributed by atoms with E-state index in [0.717, 1.165) is 38.5 Å². The third-order valence-corrected chi connectivity index (χ3v) is 15.2. The predicted molar refractivity (Wildman–Crippen MR) is 253 cm³/mol. The highest BCUT2D eigenvalue weighted by Gasteiger charge is 2.53. The highest BCUT2D eigenvalue weighted by molar-refractivity contribution is 6.32. The third-order valence-electron chi connectivity index (χ3n) is 14.5. The lowest BCUT2D eigenvalue weighted by atomic mass is 9.90. The number of ether oxygens (including phenoxy) is 2. The average Bonchev–Trinajstić information content (AvgIpc) is 4.22. The Balaban J connectivity index is 0.000000254. The molecule has 0 radical (unpaired) electrons. The molecule has 70 heavy (non-hydrogen) atoms. The number of anilines is 2. The summed E-state index contributed by atoms with van der Waals surface area (Å²) >= 11 is 11.7. The van der Waals surface area contributed by atoms with Crippen LogP contribution < -0.4 is 19.3 Å². The van der Waals surface area contributed by atoms with Crippen LogP contribution in [0.2, 0.25) is 10.0 Å². The first-order chi connectivity index (χ1) is 32.0. The van der Waals surface area contributed by atoms with Crippen LogP contribution in [0.4, 0.5) is 37.7 Å². The van der Waals surface area contributed by atoms with Gasteiger partial charge in [-0.05, 0) is 100 Å². The fraction of sp³-hybridized carbons (Fsp3) is 0.667. The highest BCUT2D eigenvalue weighted by atomic mass is 35.5. The summed E-state index contributed by atoms with van der Waals surface area (Å²) in [6.45, 7) is 7.98. The molecule has 4 amide bonds. The van der Waals surface area contributed by atoms with Crippen LogP contribution in [-0.4, -0.2) is 156 Å². The summed E-state index contributed by atoms with van der Waals surface area (Å²) in [5.41, 5.74) is 0.915. The maximum absolute atomic E-state index is 12.9. The summed E-state index contributed by atoms with van der Waals surface area (Å²) in [5, 5.41) is 20.3. The molecule has 392 valence electrons. The highest BCUT2D eigenvalue weighted by Crippen LogP contribution is 2.54. The molecule has 6 aliphatic rings. The fourth-order valence-electron chi connectivity index (χ4n) is 9.89. The van der Waals surface area contributed by atoms with E-state index in [1.807, 2.05) is 0 Å². The number of piperazine rings is 2. The predicted octanol–water partition coefficient (Wildman–Crippen LogP) is 8.13. The summed E-state index contributed by atoms with van der Waals surface area (Å²) in [5.74, 6) is -1.35. The Morgan fingerprint density at radius 1 is 0.614 bits per heavy atom. The monoisotopic (exact) mass is 1040 g/mol. The van der Waals surface area contributed by atoms with E-state index < -0.39 is 48.5 Å². The Labute approximate surface area is 415 Å². The lowest BCUT2D eigenvalue weighted by molar-refractivity contribution is -0.275. The molecule has 2 saturated carbocycles. The van der Waals surface area contributed by atoms with Gasteiger partial charge in [-0.25, -0.2) is 0 Å². The minimum atomic E-state index is -4.87. The van der Waals surface area contributed by atoms with Gasteiger partial charge < -0.3 is 49.1 Å². The molecule has 6 fully saturated rings. The topological polar surface area (TPSA) is 147 Å². The number of hydrogen-bond acceptors (Lipinski definition) is 10. The third kappa shape index (κ3) is 13.6. The lowest BCUT2D eigenvalue weighted by Gasteiger charge is -2.40. The van der Waals surface area contributed by atoms with Crippen LogP contribution >= 0.6 is 23.2 Å². The first-order valence-electron chi connectivity index (χ1n) is 23.1. The maximum atomic E-state index is 12.9. The van der Waals surface area contributed by atoms with Gasteiger partial charge in [-0.15, -0.1) is 26.3 Å². The molecule has 4 saturated heterocycles. The van der Waals surface area contributed by atoms with E-state index in [1.54, 1.807) is 55.4 Å². The number of halogens is 8. The number of benzene rings is 2. The lowest BCUT2D eigenvalue weighted by Crippen LogP contribution is -2.56. The largest absolute Gasteiger partial charge is 0.573 e. The van der Waals surface area contributed by atoms with Crippen LogP contribution in [0.5, 0.6) is 11.5 Å². The molecule has 14 nitrogen and oxygen atoms in total. The number of β-amino-alcohol motifs (C(OH)–C–C–N with tert-alkyl or cyclic N) is 2. The first-order valence-corrected chi connectivity index (χ1v) is 23.9. The van der Waals surface area contributed by atoms with Gasteiger partial charge in [-0.1, -0.05) is 38.1 Å². The molecule has 4 aliphatic heterocycles. The number of carbonyl (C=O) groups excluding carboxylic acids is 4. The van der Waals surface area contributed by atoms with Gasteiger partial charge in [0.2, 0.25) is 23.6 Å². The van der Waals surface area contributed by atoms with Crippen LogP contribution in [0, 0.1) is 10.8 Å². The van der Waals surface area contributed by atoms with E-state index in [0.29, 0.717) is 103 Å². The molecule has 22 heteroatoms. The number of aliphatic hydroxyl groups is 2. The van der Waals surface area contributed by atoms with Gasteiger partial charge in [-0.2, -0.15) is 0 Å². The van der Waals surface area contributed by atoms with Crippen molar-refractivity contribution in [3.8, 4) is 11.5 Å². The summed E-state index contributed by atoms with van der Waals surface area (Å²) in [6, 6.07) is 6.95. The van der Waals surface area contributed by atoms with Crippen LogP contribution in [0.25, 0.3) is 0 Å². The van der Waals surface area contributed by atoms with E-state index in [2.05, 4.69) is 9.47 Å². The van der Waals surface area contributed by atoms with Gasteiger partial charge in [0.25, 0.3) is 0 Å². The summed E-state index contributed by atoms with van der Waals surface area (Å²) in [4.78, 5) is 61.2. The number of likely N-dealkylation sites (tertiary alicyclic amines) is 2. The SMILES string of the molecule is C.C.C[C@@H]1C(=O)N(CCCC(=O)N2CCC3(CC3)[C@H](O)C2)CCN1c1ccc(Cl)c(OC(F)(F)F)c1.C[C@H]1C(=O)N(CCCC(=O)N2CCC3(CC3)[C@H](O)C2)CCN1c1ccc(Cl)c(OC(F)(F)F)c1. The number of piperidine rings is 2. The minimum absolute atomic E-state index is 0. The smallest absolute Gasteiger partial charge is 0.404 e. The Kier molecular flexibility index (Phi) is 18.2. The molecule has 4 atom stereocenters. The van der Waals surface area contributed by atoms with Gasteiger partial charge in [0, 0.05) is 102 Å². The molecule has 8 rings (SSSR count).